The van der Waals surface area contributed by atoms with E-state index in [2.05, 4.69) is 10.3 Å². The lowest BCUT2D eigenvalue weighted by molar-refractivity contribution is 0.0733. The molecule has 1 aromatic carbocycles. The van der Waals surface area contributed by atoms with Gasteiger partial charge in [-0.25, -0.2) is 4.68 Å². The molecule has 1 heterocycles. The molecule has 0 radical (unpaired) electrons. The van der Waals surface area contributed by atoms with Crippen LogP contribution in [0, 0.1) is 5.41 Å². The Bertz CT molecular complexity index is 771. The Morgan fingerprint density at radius 2 is 1.89 bits per heavy atom. The summed E-state index contributed by atoms with van der Waals surface area (Å²) >= 11 is 0. The number of ether oxygens (including phenoxy) is 1. The summed E-state index contributed by atoms with van der Waals surface area (Å²) in [6.07, 6.45) is 0.762. The zero-order valence-corrected chi connectivity index (χ0v) is 18.4. The summed E-state index contributed by atoms with van der Waals surface area (Å²) in [6, 6.07) is 7.63. The van der Waals surface area contributed by atoms with Crippen LogP contribution in [0.15, 0.2) is 24.3 Å². The predicted molar refractivity (Wildman–Crippen MR) is 114 cm³/mol. The van der Waals surface area contributed by atoms with Crippen LogP contribution in [0.1, 0.15) is 50.8 Å². The number of benzene rings is 1. The molecule has 2 aromatic rings. The van der Waals surface area contributed by atoms with E-state index >= 15 is 0 Å². The predicted octanol–water partition coefficient (Wildman–Crippen LogP) is 3.10. The van der Waals surface area contributed by atoms with Gasteiger partial charge in [-0.15, -0.1) is 17.5 Å². The number of amides is 1. The van der Waals surface area contributed by atoms with Crippen LogP contribution in [0.3, 0.4) is 0 Å². The van der Waals surface area contributed by atoms with E-state index in [0.717, 1.165) is 17.1 Å². The number of hydrogen-bond donors (Lipinski definition) is 1. The van der Waals surface area contributed by atoms with Gasteiger partial charge < -0.3 is 15.4 Å². The van der Waals surface area contributed by atoms with Gasteiger partial charge in [0.15, 0.2) is 5.69 Å². The maximum atomic E-state index is 12.9. The molecule has 2 rings (SSSR count). The van der Waals surface area contributed by atoms with Gasteiger partial charge in [-0.3, -0.25) is 4.79 Å². The van der Waals surface area contributed by atoms with Crippen LogP contribution in [-0.2, 0) is 6.42 Å². The molecule has 156 valence electrons. The van der Waals surface area contributed by atoms with Crippen molar-refractivity contribution in [3.05, 3.63) is 35.7 Å². The highest BCUT2D eigenvalue weighted by Crippen LogP contribution is 2.21. The fraction of sp³-hybridized carbons (Fsp3) is 0.550. The number of aromatic nitrogens is 3. The summed E-state index contributed by atoms with van der Waals surface area (Å²) in [5.41, 5.74) is 7.66. The fourth-order valence-corrected chi connectivity index (χ4v) is 2.89. The summed E-state index contributed by atoms with van der Waals surface area (Å²) in [5.74, 6) is 0.659. The standard InChI is InChI=1S/C20H31N5O2.ClH/c1-7-17-18(19(26)24(6)13-20(4,5)12-21)22-23-25(17)15-8-10-16(11-9-15)27-14(2)3;/h8-11,14H,7,12-13,21H2,1-6H3;1H. The first-order valence-corrected chi connectivity index (χ1v) is 9.35. The summed E-state index contributed by atoms with van der Waals surface area (Å²) in [6.45, 7) is 11.1. The largest absolute Gasteiger partial charge is 0.491 e. The molecule has 0 bridgehead atoms. The lowest BCUT2D eigenvalue weighted by Crippen LogP contribution is -2.40. The fourth-order valence-electron chi connectivity index (χ4n) is 2.89. The minimum absolute atomic E-state index is 0. The second kappa shape index (κ2) is 9.89. The zero-order chi connectivity index (χ0) is 20.2. The molecule has 1 amide bonds. The Labute approximate surface area is 173 Å². The quantitative estimate of drug-likeness (QED) is 0.723. The maximum Gasteiger partial charge on any atom is 0.276 e. The van der Waals surface area contributed by atoms with Crippen LogP contribution in [0.25, 0.3) is 5.69 Å². The van der Waals surface area contributed by atoms with Crippen molar-refractivity contribution in [3.63, 3.8) is 0 Å². The lowest BCUT2D eigenvalue weighted by Gasteiger charge is -2.28. The molecule has 0 saturated carbocycles. The van der Waals surface area contributed by atoms with Crippen molar-refractivity contribution in [3.8, 4) is 11.4 Å². The Hall–Kier alpha value is -2.12. The zero-order valence-electron chi connectivity index (χ0n) is 17.6. The molecule has 0 aliphatic rings. The van der Waals surface area contributed by atoms with Crippen LogP contribution < -0.4 is 10.5 Å². The van der Waals surface area contributed by atoms with E-state index in [1.54, 1.807) is 16.6 Å². The van der Waals surface area contributed by atoms with E-state index in [9.17, 15) is 4.79 Å². The number of rotatable bonds is 8. The highest BCUT2D eigenvalue weighted by molar-refractivity contribution is 5.93. The SMILES string of the molecule is CCc1c(C(=O)N(C)CC(C)(C)CN)nnn1-c1ccc(OC(C)C)cc1.Cl. The molecule has 0 saturated heterocycles. The van der Waals surface area contributed by atoms with Crippen molar-refractivity contribution < 1.29 is 9.53 Å². The van der Waals surface area contributed by atoms with Crippen LogP contribution in [-0.4, -0.2) is 52.0 Å². The molecule has 7 nitrogen and oxygen atoms in total. The van der Waals surface area contributed by atoms with Crippen molar-refractivity contribution in [1.29, 1.82) is 0 Å². The Morgan fingerprint density at radius 3 is 2.39 bits per heavy atom. The average molecular weight is 410 g/mol. The topological polar surface area (TPSA) is 86.3 Å². The molecule has 0 fully saturated rings. The first-order valence-electron chi connectivity index (χ1n) is 9.35. The van der Waals surface area contributed by atoms with Gasteiger partial charge in [0.1, 0.15) is 5.75 Å². The molecular formula is C20H32ClN5O2. The minimum Gasteiger partial charge on any atom is -0.491 e. The van der Waals surface area contributed by atoms with Gasteiger partial charge in [-0.2, -0.15) is 0 Å². The third kappa shape index (κ3) is 5.69. The number of carbonyl (C=O) groups excluding carboxylic acids is 1. The van der Waals surface area contributed by atoms with Crippen molar-refractivity contribution >= 4 is 18.3 Å². The summed E-state index contributed by atoms with van der Waals surface area (Å²) in [5, 5.41) is 8.39. The lowest BCUT2D eigenvalue weighted by atomic mass is 9.93. The smallest absolute Gasteiger partial charge is 0.276 e. The summed E-state index contributed by atoms with van der Waals surface area (Å²) < 4.78 is 7.39. The molecular weight excluding hydrogens is 378 g/mol. The number of nitrogens with two attached hydrogens (primary N) is 1. The van der Waals surface area contributed by atoms with E-state index in [4.69, 9.17) is 10.5 Å². The molecule has 0 unspecified atom stereocenters. The van der Waals surface area contributed by atoms with E-state index < -0.39 is 0 Å². The Balaban J connectivity index is 0.00000392. The normalized spacial score (nSPS) is 11.3. The van der Waals surface area contributed by atoms with E-state index in [1.165, 1.54) is 0 Å². The second-order valence-corrected chi connectivity index (χ2v) is 7.84. The summed E-state index contributed by atoms with van der Waals surface area (Å²) in [7, 11) is 1.77. The molecule has 1 aromatic heterocycles. The number of nitrogens with zero attached hydrogens (tertiary/aromatic N) is 4. The second-order valence-electron chi connectivity index (χ2n) is 7.84. The molecule has 8 heteroatoms. The third-order valence-corrected chi connectivity index (χ3v) is 4.32. The highest BCUT2D eigenvalue weighted by Gasteiger charge is 2.26. The van der Waals surface area contributed by atoms with Crippen molar-refractivity contribution in [2.24, 2.45) is 11.1 Å². The summed E-state index contributed by atoms with van der Waals surface area (Å²) in [4.78, 5) is 14.6. The number of halogens is 1. The van der Waals surface area contributed by atoms with Crippen LogP contribution in [0.5, 0.6) is 5.75 Å². The Morgan fingerprint density at radius 1 is 1.29 bits per heavy atom. The van der Waals surface area contributed by atoms with Crippen LogP contribution in [0.2, 0.25) is 0 Å². The highest BCUT2D eigenvalue weighted by atomic mass is 35.5. The van der Waals surface area contributed by atoms with Crippen molar-refractivity contribution in [2.75, 3.05) is 20.1 Å². The number of hydrogen-bond acceptors (Lipinski definition) is 5. The molecule has 2 N–H and O–H groups in total. The van der Waals surface area contributed by atoms with Crippen molar-refractivity contribution in [1.82, 2.24) is 19.9 Å². The molecule has 28 heavy (non-hydrogen) atoms. The van der Waals surface area contributed by atoms with Crippen molar-refractivity contribution in [2.45, 2.75) is 47.1 Å². The Kier molecular flexibility index (Phi) is 8.45. The van der Waals surface area contributed by atoms with Crippen LogP contribution >= 0.6 is 12.4 Å². The molecule has 0 atom stereocenters. The minimum atomic E-state index is -0.154. The van der Waals surface area contributed by atoms with Crippen LogP contribution in [0.4, 0.5) is 0 Å². The molecule has 0 aliphatic carbocycles. The van der Waals surface area contributed by atoms with Gasteiger partial charge in [0, 0.05) is 13.6 Å². The first kappa shape index (κ1) is 23.9. The third-order valence-electron chi connectivity index (χ3n) is 4.32. The van der Waals surface area contributed by atoms with Gasteiger partial charge in [0.2, 0.25) is 0 Å². The van der Waals surface area contributed by atoms with Gasteiger partial charge in [0.05, 0.1) is 17.5 Å². The number of carbonyl (C=O) groups is 1. The maximum absolute atomic E-state index is 12.9. The van der Waals surface area contributed by atoms with Gasteiger partial charge in [-0.1, -0.05) is 26.0 Å². The first-order chi connectivity index (χ1) is 12.7. The van der Waals surface area contributed by atoms with E-state index in [1.807, 2.05) is 58.9 Å². The van der Waals surface area contributed by atoms with E-state index in [-0.39, 0.29) is 29.8 Å². The molecule has 0 aliphatic heterocycles. The van der Waals surface area contributed by atoms with Gasteiger partial charge in [-0.05, 0) is 56.5 Å². The van der Waals surface area contributed by atoms with Gasteiger partial charge >= 0.3 is 0 Å². The van der Waals surface area contributed by atoms with Gasteiger partial charge in [0.25, 0.3) is 5.91 Å². The average Bonchev–Trinajstić information content (AvgIpc) is 3.04. The molecule has 0 spiro atoms. The van der Waals surface area contributed by atoms with E-state index in [0.29, 0.717) is 25.2 Å². The monoisotopic (exact) mass is 409 g/mol.